The summed E-state index contributed by atoms with van der Waals surface area (Å²) in [6.07, 6.45) is -0.560. The van der Waals surface area contributed by atoms with Crippen LogP contribution in [0.25, 0.3) is 0 Å². The zero-order chi connectivity index (χ0) is 11.4. The van der Waals surface area contributed by atoms with E-state index in [1.165, 1.54) is 6.92 Å². The molecule has 2 N–H and O–H groups in total. The average molecular weight is 253 g/mol. The summed E-state index contributed by atoms with van der Waals surface area (Å²) in [5, 5.41) is 33.8. The molecule has 1 atom stereocenters. The average Bonchev–Trinajstić information content (AvgIpc) is 1.84. The Morgan fingerprint density at radius 1 is 1.21 bits per heavy atom. The summed E-state index contributed by atoms with van der Waals surface area (Å²) in [5.41, 5.74) is 0. The van der Waals surface area contributed by atoms with Crippen LogP contribution >= 0.6 is 0 Å². The fourth-order valence-electron chi connectivity index (χ4n) is 0. The van der Waals surface area contributed by atoms with Crippen molar-refractivity contribution >= 4 is 11.9 Å². The molecule has 0 aromatic rings. The number of aliphatic hydroxyl groups is 2. The van der Waals surface area contributed by atoms with Crippen LogP contribution in [-0.2, 0) is 26.4 Å². The van der Waals surface area contributed by atoms with Gasteiger partial charge < -0.3 is 30.0 Å². The number of hydrogen-bond acceptors (Lipinski definition) is 6. The van der Waals surface area contributed by atoms with Crippen LogP contribution in [-0.4, -0.2) is 34.9 Å². The van der Waals surface area contributed by atoms with Crippen molar-refractivity contribution in [2.75, 3.05) is 6.61 Å². The predicted molar refractivity (Wildman–Crippen MR) is 40.1 cm³/mol. The maximum Gasteiger partial charge on any atom is 2.00 e. The number of carbonyl (C=O) groups excluding carboxylic acids is 2. The summed E-state index contributed by atoms with van der Waals surface area (Å²) in [7, 11) is 0. The van der Waals surface area contributed by atoms with Crippen molar-refractivity contribution in [2.45, 2.75) is 26.9 Å². The van der Waals surface area contributed by atoms with Crippen molar-refractivity contribution in [1.82, 2.24) is 0 Å². The van der Waals surface area contributed by atoms with Gasteiger partial charge in [0.25, 0.3) is 0 Å². The number of rotatable bonds is 1. The fraction of sp³-hybridized carbons (Fsp3) is 0.714. The van der Waals surface area contributed by atoms with Gasteiger partial charge in [-0.15, -0.1) is 0 Å². The summed E-state index contributed by atoms with van der Waals surface area (Å²) in [4.78, 5) is 17.8. The molecule has 0 aromatic heterocycles. The molecule has 0 rings (SSSR count). The normalized spacial score (nSPS) is 8.93. The van der Waals surface area contributed by atoms with Crippen LogP contribution in [0.5, 0.6) is 0 Å². The molecule has 0 saturated carbocycles. The van der Waals surface area contributed by atoms with Gasteiger partial charge in [0.05, 0.1) is 12.7 Å². The molecule has 14 heavy (non-hydrogen) atoms. The molecule has 87 valence electrons. The van der Waals surface area contributed by atoms with Crippen molar-refractivity contribution in [3.8, 4) is 0 Å². The van der Waals surface area contributed by atoms with Crippen LogP contribution < -0.4 is 10.2 Å². The van der Waals surface area contributed by atoms with Gasteiger partial charge in [0.2, 0.25) is 0 Å². The third kappa shape index (κ3) is 654. The van der Waals surface area contributed by atoms with E-state index in [2.05, 4.69) is 0 Å². The topological polar surface area (TPSA) is 121 Å². The van der Waals surface area contributed by atoms with Gasteiger partial charge in [-0.25, -0.2) is 0 Å². The smallest absolute Gasteiger partial charge is 0.550 e. The molecular weight excluding hydrogens is 239 g/mol. The number of hydrogen-bond donors (Lipinski definition) is 2. The molecule has 0 spiro atoms. The molecule has 0 aliphatic heterocycles. The molecular formula is C7H14CoO6. The van der Waals surface area contributed by atoms with Crippen molar-refractivity contribution in [1.29, 1.82) is 0 Å². The summed E-state index contributed by atoms with van der Waals surface area (Å²) in [6, 6.07) is 0. The largest absolute Gasteiger partial charge is 2.00 e. The van der Waals surface area contributed by atoms with E-state index in [0.29, 0.717) is 0 Å². The van der Waals surface area contributed by atoms with Crippen LogP contribution in [0.15, 0.2) is 0 Å². The van der Waals surface area contributed by atoms with Gasteiger partial charge in [-0.1, -0.05) is 0 Å². The Morgan fingerprint density at radius 2 is 1.29 bits per heavy atom. The minimum atomic E-state index is -1.08. The van der Waals surface area contributed by atoms with Crippen LogP contribution in [0.2, 0.25) is 0 Å². The van der Waals surface area contributed by atoms with Gasteiger partial charge in [0.1, 0.15) is 0 Å². The maximum absolute atomic E-state index is 8.89. The van der Waals surface area contributed by atoms with E-state index in [9.17, 15) is 0 Å². The molecule has 0 aromatic carbocycles. The Balaban J connectivity index is -0.0000000522. The van der Waals surface area contributed by atoms with E-state index in [1.807, 2.05) is 0 Å². The molecule has 0 fully saturated rings. The molecule has 0 heterocycles. The van der Waals surface area contributed by atoms with Crippen LogP contribution in [0, 0.1) is 0 Å². The van der Waals surface area contributed by atoms with Gasteiger partial charge >= 0.3 is 16.8 Å². The maximum atomic E-state index is 8.89. The van der Waals surface area contributed by atoms with Crippen molar-refractivity contribution < 1.29 is 46.8 Å². The van der Waals surface area contributed by atoms with Crippen molar-refractivity contribution in [3.63, 3.8) is 0 Å². The molecule has 0 amide bonds. The number of aliphatic hydroxyl groups excluding tert-OH is 2. The first kappa shape index (κ1) is 23.3. The zero-order valence-electron chi connectivity index (χ0n) is 8.15. The first-order chi connectivity index (χ1) is 5.73. The minimum Gasteiger partial charge on any atom is -0.550 e. The number of carboxylic acids is 2. The Labute approximate surface area is 92.8 Å². The first-order valence-corrected chi connectivity index (χ1v) is 3.38. The van der Waals surface area contributed by atoms with Crippen LogP contribution in [0.1, 0.15) is 20.8 Å². The Morgan fingerprint density at radius 3 is 1.29 bits per heavy atom. The van der Waals surface area contributed by atoms with Gasteiger partial charge in [-0.05, 0) is 20.8 Å². The molecule has 0 aliphatic rings. The van der Waals surface area contributed by atoms with Gasteiger partial charge in [0.15, 0.2) is 0 Å². The molecule has 0 bridgehead atoms. The van der Waals surface area contributed by atoms with Crippen molar-refractivity contribution in [3.05, 3.63) is 0 Å². The SMILES string of the molecule is CC(=O)[O-].CC(=O)[O-].CC(O)CO.[Co+2]. The second kappa shape index (κ2) is 18.2. The number of carbonyl (C=O) groups is 2. The molecule has 0 aliphatic carbocycles. The standard InChI is InChI=1S/C3H8O2.2C2H4O2.Co/c1-3(5)2-4;2*1-2(3)4;/h3-5H,2H2,1H3;2*1H3,(H,3,4);/q;;;+2/p-2. The molecule has 0 saturated heterocycles. The first-order valence-electron chi connectivity index (χ1n) is 3.38. The van der Waals surface area contributed by atoms with Gasteiger partial charge in [0, 0.05) is 11.9 Å². The molecule has 6 nitrogen and oxygen atoms in total. The van der Waals surface area contributed by atoms with E-state index in [-0.39, 0.29) is 23.4 Å². The molecule has 1 unspecified atom stereocenters. The van der Waals surface area contributed by atoms with Gasteiger partial charge in [-0.3, -0.25) is 0 Å². The second-order valence-corrected chi connectivity index (χ2v) is 2.01. The zero-order valence-corrected chi connectivity index (χ0v) is 9.19. The van der Waals surface area contributed by atoms with Crippen LogP contribution in [0.3, 0.4) is 0 Å². The predicted octanol–water partition coefficient (Wildman–Crippen LogP) is -3.13. The van der Waals surface area contributed by atoms with E-state index in [1.54, 1.807) is 0 Å². The Bertz CT molecular complexity index is 116. The van der Waals surface area contributed by atoms with E-state index >= 15 is 0 Å². The summed E-state index contributed by atoms with van der Waals surface area (Å²) in [6.45, 7) is 3.33. The third-order valence-corrected chi connectivity index (χ3v) is 0.264. The summed E-state index contributed by atoms with van der Waals surface area (Å²) < 4.78 is 0. The van der Waals surface area contributed by atoms with Gasteiger partial charge in [-0.2, -0.15) is 0 Å². The van der Waals surface area contributed by atoms with E-state index in [0.717, 1.165) is 13.8 Å². The Hall–Kier alpha value is -0.634. The quantitative estimate of drug-likeness (QED) is 0.509. The summed E-state index contributed by atoms with van der Waals surface area (Å²) >= 11 is 0. The van der Waals surface area contributed by atoms with Crippen LogP contribution in [0.4, 0.5) is 0 Å². The third-order valence-electron chi connectivity index (χ3n) is 0.264. The Kier molecular flexibility index (Phi) is 30.3. The molecule has 1 radical (unpaired) electrons. The number of aliphatic carboxylic acids is 2. The van der Waals surface area contributed by atoms with E-state index < -0.39 is 18.0 Å². The second-order valence-electron chi connectivity index (χ2n) is 2.01. The minimum absolute atomic E-state index is 0. The van der Waals surface area contributed by atoms with E-state index in [4.69, 9.17) is 30.0 Å². The molecule has 7 heteroatoms. The van der Waals surface area contributed by atoms with Crippen molar-refractivity contribution in [2.24, 2.45) is 0 Å². The monoisotopic (exact) mass is 253 g/mol. The number of carboxylic acid groups (broad SMARTS) is 2. The summed E-state index contributed by atoms with van der Waals surface area (Å²) in [5.74, 6) is -2.17. The fourth-order valence-corrected chi connectivity index (χ4v) is 0.